The molecule has 1 aliphatic rings. The number of para-hydroxylation sites is 1. The fraction of sp³-hybridized carbons (Fsp3) is 0.500. The highest BCUT2D eigenvalue weighted by Gasteiger charge is 2.26. The Morgan fingerprint density at radius 3 is 2.57 bits per heavy atom. The third-order valence-corrected chi connectivity index (χ3v) is 5.21. The lowest BCUT2D eigenvalue weighted by Gasteiger charge is -2.28. The van der Waals surface area contributed by atoms with Gasteiger partial charge in [0.2, 0.25) is 0 Å². The molecule has 0 aliphatic heterocycles. The average Bonchev–Trinajstić information content (AvgIpc) is 3.05. The standard InChI is InChI=1S/C22H28N2O6/c1-4-27-22(26)23-16-9-11-17(12-10-16)29-21(25)18-7-5-6-8-20(18)28-13-19-14(2)24-30-15(19)3/h5-8,16-17H,4,9-13H2,1-3H3,(H,23,26). The maximum absolute atomic E-state index is 12.8. The summed E-state index contributed by atoms with van der Waals surface area (Å²) in [5, 5.41) is 6.76. The molecule has 8 heteroatoms. The van der Waals surface area contributed by atoms with Gasteiger partial charge in [-0.1, -0.05) is 17.3 Å². The summed E-state index contributed by atoms with van der Waals surface area (Å²) >= 11 is 0. The van der Waals surface area contributed by atoms with Crippen molar-refractivity contribution in [1.29, 1.82) is 0 Å². The van der Waals surface area contributed by atoms with Crippen molar-refractivity contribution in [3.63, 3.8) is 0 Å². The Balaban J connectivity index is 1.54. The summed E-state index contributed by atoms with van der Waals surface area (Å²) in [6.45, 7) is 6.05. The molecule has 0 bridgehead atoms. The van der Waals surface area contributed by atoms with E-state index >= 15 is 0 Å². The predicted molar refractivity (Wildman–Crippen MR) is 108 cm³/mol. The summed E-state index contributed by atoms with van der Waals surface area (Å²) in [4.78, 5) is 24.3. The lowest BCUT2D eigenvalue weighted by molar-refractivity contribution is 0.0179. The second-order valence-electron chi connectivity index (χ2n) is 7.33. The Kier molecular flexibility index (Phi) is 7.32. The van der Waals surface area contributed by atoms with Crippen LogP contribution >= 0.6 is 0 Å². The molecule has 0 radical (unpaired) electrons. The molecule has 2 aromatic rings. The number of carbonyl (C=O) groups excluding carboxylic acids is 2. The SMILES string of the molecule is CCOC(=O)NC1CCC(OC(=O)c2ccccc2OCc2c(C)noc2C)CC1. The number of nitrogens with one attached hydrogen (secondary N) is 1. The third-order valence-electron chi connectivity index (χ3n) is 5.21. The molecule has 0 unspecified atom stereocenters. The molecular weight excluding hydrogens is 388 g/mol. The summed E-state index contributed by atoms with van der Waals surface area (Å²) < 4.78 is 21.6. The smallest absolute Gasteiger partial charge is 0.407 e. The summed E-state index contributed by atoms with van der Waals surface area (Å²) in [6.07, 6.45) is 2.26. The van der Waals surface area contributed by atoms with Crippen LogP contribution in [-0.4, -0.2) is 36.0 Å². The van der Waals surface area contributed by atoms with E-state index in [4.69, 9.17) is 18.7 Å². The first-order valence-electron chi connectivity index (χ1n) is 10.3. The lowest BCUT2D eigenvalue weighted by atomic mass is 9.93. The number of carbonyl (C=O) groups is 2. The number of alkyl carbamates (subject to hydrolysis) is 1. The molecule has 1 heterocycles. The minimum atomic E-state index is -0.411. The average molecular weight is 416 g/mol. The van der Waals surface area contributed by atoms with Crippen LogP contribution in [0.3, 0.4) is 0 Å². The van der Waals surface area contributed by atoms with E-state index in [1.165, 1.54) is 0 Å². The van der Waals surface area contributed by atoms with E-state index in [2.05, 4.69) is 10.5 Å². The molecule has 0 saturated heterocycles. The number of rotatable bonds is 7. The van der Waals surface area contributed by atoms with Gasteiger partial charge in [-0.3, -0.25) is 0 Å². The molecule has 1 aromatic heterocycles. The van der Waals surface area contributed by atoms with Crippen LogP contribution < -0.4 is 10.1 Å². The van der Waals surface area contributed by atoms with Crippen molar-refractivity contribution in [2.45, 2.75) is 65.2 Å². The number of ether oxygens (including phenoxy) is 3. The van der Waals surface area contributed by atoms with E-state index in [0.717, 1.165) is 24.1 Å². The van der Waals surface area contributed by atoms with Crippen LogP contribution in [0.5, 0.6) is 5.75 Å². The molecule has 1 amide bonds. The molecule has 162 valence electrons. The van der Waals surface area contributed by atoms with Crippen molar-refractivity contribution >= 4 is 12.1 Å². The van der Waals surface area contributed by atoms with Crippen molar-refractivity contribution in [2.24, 2.45) is 0 Å². The molecular formula is C22H28N2O6. The maximum atomic E-state index is 12.8. The lowest BCUT2D eigenvalue weighted by Crippen LogP contribution is -2.39. The minimum Gasteiger partial charge on any atom is -0.488 e. The van der Waals surface area contributed by atoms with Gasteiger partial charge in [-0.05, 0) is 58.6 Å². The number of esters is 1. The van der Waals surface area contributed by atoms with E-state index in [1.807, 2.05) is 19.9 Å². The zero-order chi connectivity index (χ0) is 21.5. The second kappa shape index (κ2) is 10.1. The third kappa shape index (κ3) is 5.52. The highest BCUT2D eigenvalue weighted by Crippen LogP contribution is 2.26. The van der Waals surface area contributed by atoms with Crippen LogP contribution in [0.15, 0.2) is 28.8 Å². The van der Waals surface area contributed by atoms with Gasteiger partial charge in [-0.2, -0.15) is 0 Å². The van der Waals surface area contributed by atoms with Crippen molar-refractivity contribution in [2.75, 3.05) is 6.61 Å². The zero-order valence-electron chi connectivity index (χ0n) is 17.6. The van der Waals surface area contributed by atoms with Gasteiger partial charge in [0.05, 0.1) is 17.9 Å². The number of aromatic nitrogens is 1. The van der Waals surface area contributed by atoms with Gasteiger partial charge in [-0.15, -0.1) is 0 Å². The van der Waals surface area contributed by atoms with E-state index in [1.54, 1.807) is 25.1 Å². The number of hydrogen-bond donors (Lipinski definition) is 1. The van der Waals surface area contributed by atoms with Crippen LogP contribution in [0.25, 0.3) is 0 Å². The van der Waals surface area contributed by atoms with Crippen molar-refractivity contribution in [3.8, 4) is 5.75 Å². The minimum absolute atomic E-state index is 0.0460. The van der Waals surface area contributed by atoms with Gasteiger partial charge < -0.3 is 24.1 Å². The number of benzene rings is 1. The van der Waals surface area contributed by atoms with E-state index in [0.29, 0.717) is 36.5 Å². The zero-order valence-corrected chi connectivity index (χ0v) is 17.6. The van der Waals surface area contributed by atoms with Gasteiger partial charge in [-0.25, -0.2) is 9.59 Å². The number of nitrogens with zero attached hydrogens (tertiary/aromatic N) is 1. The van der Waals surface area contributed by atoms with E-state index in [9.17, 15) is 9.59 Å². The van der Waals surface area contributed by atoms with Crippen LogP contribution in [0.2, 0.25) is 0 Å². The summed E-state index contributed by atoms with van der Waals surface area (Å²) in [5.41, 5.74) is 2.02. The quantitative estimate of drug-likeness (QED) is 0.679. The highest BCUT2D eigenvalue weighted by molar-refractivity contribution is 5.92. The van der Waals surface area contributed by atoms with Crippen molar-refractivity contribution in [1.82, 2.24) is 10.5 Å². The number of aryl methyl sites for hydroxylation is 2. The Hall–Kier alpha value is -3.03. The first-order chi connectivity index (χ1) is 14.5. The Morgan fingerprint density at radius 1 is 1.17 bits per heavy atom. The maximum Gasteiger partial charge on any atom is 0.407 e. The fourth-order valence-corrected chi connectivity index (χ4v) is 3.50. The van der Waals surface area contributed by atoms with Gasteiger partial charge >= 0.3 is 12.1 Å². The van der Waals surface area contributed by atoms with E-state index < -0.39 is 12.1 Å². The molecule has 1 fully saturated rings. The number of hydrogen-bond acceptors (Lipinski definition) is 7. The predicted octanol–water partition coefficient (Wildman–Crippen LogP) is 4.08. The monoisotopic (exact) mass is 416 g/mol. The van der Waals surface area contributed by atoms with Gasteiger partial charge in [0.25, 0.3) is 0 Å². The molecule has 1 aliphatic carbocycles. The Bertz CT molecular complexity index is 851. The van der Waals surface area contributed by atoms with Crippen molar-refractivity contribution in [3.05, 3.63) is 46.8 Å². The summed E-state index contributed by atoms with van der Waals surface area (Å²) in [7, 11) is 0. The first-order valence-corrected chi connectivity index (χ1v) is 10.3. The van der Waals surface area contributed by atoms with Crippen molar-refractivity contribution < 1.29 is 28.3 Å². The molecule has 8 nitrogen and oxygen atoms in total. The molecule has 30 heavy (non-hydrogen) atoms. The normalized spacial score (nSPS) is 18.5. The fourth-order valence-electron chi connectivity index (χ4n) is 3.50. The van der Waals surface area contributed by atoms with Crippen LogP contribution in [0.4, 0.5) is 4.79 Å². The topological polar surface area (TPSA) is 99.9 Å². The molecule has 1 N–H and O–H groups in total. The molecule has 3 rings (SSSR count). The van der Waals surface area contributed by atoms with Gasteiger partial charge in [0.1, 0.15) is 29.8 Å². The molecule has 1 saturated carbocycles. The summed E-state index contributed by atoms with van der Waals surface area (Å²) in [6, 6.07) is 7.07. The second-order valence-corrected chi connectivity index (χ2v) is 7.33. The van der Waals surface area contributed by atoms with E-state index in [-0.39, 0.29) is 18.8 Å². The van der Waals surface area contributed by atoms with Crippen LogP contribution in [-0.2, 0) is 16.1 Å². The van der Waals surface area contributed by atoms with Crippen LogP contribution in [0.1, 0.15) is 60.0 Å². The summed E-state index contributed by atoms with van der Waals surface area (Å²) in [5.74, 6) is 0.743. The first kappa shape index (κ1) is 21.7. The largest absolute Gasteiger partial charge is 0.488 e. The Labute approximate surface area is 175 Å². The highest BCUT2D eigenvalue weighted by atomic mass is 16.6. The molecule has 0 atom stereocenters. The van der Waals surface area contributed by atoms with Crippen LogP contribution in [0, 0.1) is 13.8 Å². The van der Waals surface area contributed by atoms with Gasteiger partial charge in [0.15, 0.2) is 0 Å². The number of amides is 1. The molecule has 1 aromatic carbocycles. The Morgan fingerprint density at radius 2 is 1.90 bits per heavy atom. The molecule has 0 spiro atoms. The van der Waals surface area contributed by atoms with Gasteiger partial charge in [0, 0.05) is 6.04 Å².